The number of amides is 1. The number of para-hydroxylation sites is 1. The average molecular weight is 341 g/mol. The summed E-state index contributed by atoms with van der Waals surface area (Å²) in [6, 6.07) is 12.3. The molecule has 0 aliphatic rings. The predicted molar refractivity (Wildman–Crippen MR) is 80.1 cm³/mol. The molecule has 0 spiro atoms. The van der Waals surface area contributed by atoms with Crippen LogP contribution in [-0.4, -0.2) is 13.0 Å². The van der Waals surface area contributed by atoms with Crippen LogP contribution in [0.4, 0.5) is 5.69 Å². The minimum atomic E-state index is -0.250. The largest absolute Gasteiger partial charge is 0.496 e. The van der Waals surface area contributed by atoms with Crippen LogP contribution in [0, 0.1) is 0 Å². The summed E-state index contributed by atoms with van der Waals surface area (Å²) in [5.74, 6) is 0.192. The van der Waals surface area contributed by atoms with Crippen molar-refractivity contribution in [1.82, 2.24) is 0 Å². The number of carbonyl (C=O) groups is 1. The third-order valence-electron chi connectivity index (χ3n) is 2.53. The molecule has 1 amide bonds. The number of benzene rings is 2. The zero-order valence-corrected chi connectivity index (χ0v) is 12.5. The maximum atomic E-state index is 12.2. The number of hydrogen-bond donors (Lipinski definition) is 1. The van der Waals surface area contributed by atoms with Crippen LogP contribution in [0.15, 0.2) is 46.9 Å². The van der Waals surface area contributed by atoms with Gasteiger partial charge in [0.1, 0.15) is 5.75 Å². The molecular weight excluding hydrogens is 330 g/mol. The third-order valence-corrected chi connectivity index (χ3v) is 3.46. The minimum Gasteiger partial charge on any atom is -0.496 e. The van der Waals surface area contributed by atoms with Gasteiger partial charge in [0.15, 0.2) is 0 Å². The zero-order valence-electron chi connectivity index (χ0n) is 10.1. The molecular formula is C14H11BrClNO2. The standard InChI is InChI=1S/C14H11BrClNO2/c1-19-13-8-9(16)6-7-10(13)14(18)17-12-5-3-2-4-11(12)15/h2-8H,1H3,(H,17,18). The molecule has 19 heavy (non-hydrogen) atoms. The van der Waals surface area contributed by atoms with Crippen LogP contribution < -0.4 is 10.1 Å². The van der Waals surface area contributed by atoms with E-state index in [9.17, 15) is 4.79 Å². The van der Waals surface area contributed by atoms with E-state index < -0.39 is 0 Å². The van der Waals surface area contributed by atoms with Crippen molar-refractivity contribution in [2.45, 2.75) is 0 Å². The number of carbonyl (C=O) groups excluding carboxylic acids is 1. The molecule has 0 bridgehead atoms. The van der Waals surface area contributed by atoms with Crippen molar-refractivity contribution in [2.24, 2.45) is 0 Å². The summed E-state index contributed by atoms with van der Waals surface area (Å²) in [4.78, 5) is 12.2. The van der Waals surface area contributed by atoms with E-state index in [0.717, 1.165) is 4.47 Å². The molecule has 0 unspecified atom stereocenters. The molecule has 0 aromatic heterocycles. The number of methoxy groups -OCH3 is 1. The fraction of sp³-hybridized carbons (Fsp3) is 0.0714. The van der Waals surface area contributed by atoms with E-state index in [2.05, 4.69) is 21.2 Å². The van der Waals surface area contributed by atoms with Gasteiger partial charge >= 0.3 is 0 Å². The first-order valence-electron chi connectivity index (χ1n) is 5.51. The van der Waals surface area contributed by atoms with Gasteiger partial charge in [0.2, 0.25) is 0 Å². The van der Waals surface area contributed by atoms with E-state index in [0.29, 0.717) is 22.0 Å². The molecule has 0 fully saturated rings. The third kappa shape index (κ3) is 3.28. The van der Waals surface area contributed by atoms with Gasteiger partial charge in [-0.25, -0.2) is 0 Å². The summed E-state index contributed by atoms with van der Waals surface area (Å²) in [5.41, 5.74) is 1.13. The van der Waals surface area contributed by atoms with Crippen molar-refractivity contribution in [3.8, 4) is 5.75 Å². The van der Waals surface area contributed by atoms with E-state index >= 15 is 0 Å². The molecule has 3 nitrogen and oxygen atoms in total. The van der Waals surface area contributed by atoms with Gasteiger partial charge in [-0.2, -0.15) is 0 Å². The predicted octanol–water partition coefficient (Wildman–Crippen LogP) is 4.36. The highest BCUT2D eigenvalue weighted by Crippen LogP contribution is 2.26. The van der Waals surface area contributed by atoms with Gasteiger partial charge in [0.25, 0.3) is 5.91 Å². The normalized spacial score (nSPS) is 10.1. The van der Waals surface area contributed by atoms with E-state index in [-0.39, 0.29) is 5.91 Å². The topological polar surface area (TPSA) is 38.3 Å². The van der Waals surface area contributed by atoms with Gasteiger partial charge in [-0.05, 0) is 46.3 Å². The lowest BCUT2D eigenvalue weighted by atomic mass is 10.2. The summed E-state index contributed by atoms with van der Waals surface area (Å²) in [6.07, 6.45) is 0. The fourth-order valence-electron chi connectivity index (χ4n) is 1.60. The molecule has 2 aromatic carbocycles. The summed E-state index contributed by atoms with van der Waals surface area (Å²) < 4.78 is 5.97. The van der Waals surface area contributed by atoms with Crippen molar-refractivity contribution in [1.29, 1.82) is 0 Å². The summed E-state index contributed by atoms with van der Waals surface area (Å²) in [7, 11) is 1.50. The Balaban J connectivity index is 2.28. The van der Waals surface area contributed by atoms with Crippen LogP contribution in [0.5, 0.6) is 5.75 Å². The smallest absolute Gasteiger partial charge is 0.259 e. The minimum absolute atomic E-state index is 0.250. The number of halogens is 2. The fourth-order valence-corrected chi connectivity index (χ4v) is 2.15. The number of rotatable bonds is 3. The Morgan fingerprint density at radius 1 is 1.26 bits per heavy atom. The first-order valence-corrected chi connectivity index (χ1v) is 6.68. The van der Waals surface area contributed by atoms with Gasteiger partial charge in [0, 0.05) is 9.50 Å². The van der Waals surface area contributed by atoms with E-state index in [1.807, 2.05) is 24.3 Å². The van der Waals surface area contributed by atoms with Crippen molar-refractivity contribution >= 4 is 39.1 Å². The summed E-state index contributed by atoms with van der Waals surface area (Å²) >= 11 is 9.24. The molecule has 0 aliphatic heterocycles. The number of nitrogens with one attached hydrogen (secondary N) is 1. The van der Waals surface area contributed by atoms with E-state index in [4.69, 9.17) is 16.3 Å². The second kappa shape index (κ2) is 6.08. The lowest BCUT2D eigenvalue weighted by Gasteiger charge is -2.10. The highest BCUT2D eigenvalue weighted by atomic mass is 79.9. The van der Waals surface area contributed by atoms with Gasteiger partial charge in [0.05, 0.1) is 18.4 Å². The highest BCUT2D eigenvalue weighted by Gasteiger charge is 2.13. The molecule has 0 aliphatic carbocycles. The number of hydrogen-bond acceptors (Lipinski definition) is 2. The van der Waals surface area contributed by atoms with E-state index in [1.165, 1.54) is 7.11 Å². The second-order valence-corrected chi connectivity index (χ2v) is 5.07. The Labute approximate surface area is 124 Å². The van der Waals surface area contributed by atoms with Crippen molar-refractivity contribution < 1.29 is 9.53 Å². The number of ether oxygens (including phenoxy) is 1. The summed E-state index contributed by atoms with van der Waals surface area (Å²) in [6.45, 7) is 0. The Hall–Kier alpha value is -1.52. The Morgan fingerprint density at radius 2 is 2.00 bits per heavy atom. The average Bonchev–Trinajstić information content (AvgIpc) is 2.41. The molecule has 2 aromatic rings. The van der Waals surface area contributed by atoms with Crippen LogP contribution in [0.1, 0.15) is 10.4 Å². The molecule has 2 rings (SSSR count). The SMILES string of the molecule is COc1cc(Cl)ccc1C(=O)Nc1ccccc1Br. The van der Waals surface area contributed by atoms with Crippen molar-refractivity contribution in [2.75, 3.05) is 12.4 Å². The molecule has 0 heterocycles. The Bertz CT molecular complexity index is 616. The molecule has 5 heteroatoms. The van der Waals surface area contributed by atoms with Crippen LogP contribution in [0.3, 0.4) is 0 Å². The van der Waals surface area contributed by atoms with Crippen molar-refractivity contribution in [3.05, 3.63) is 57.5 Å². The maximum Gasteiger partial charge on any atom is 0.259 e. The monoisotopic (exact) mass is 339 g/mol. The quantitative estimate of drug-likeness (QED) is 0.901. The first kappa shape index (κ1) is 13.9. The molecule has 0 saturated carbocycles. The van der Waals surface area contributed by atoms with Crippen LogP contribution >= 0.6 is 27.5 Å². The lowest BCUT2D eigenvalue weighted by Crippen LogP contribution is -2.13. The molecule has 98 valence electrons. The summed E-state index contributed by atoms with van der Waals surface area (Å²) in [5, 5.41) is 3.33. The lowest BCUT2D eigenvalue weighted by molar-refractivity contribution is 0.102. The van der Waals surface area contributed by atoms with E-state index in [1.54, 1.807) is 18.2 Å². The Morgan fingerprint density at radius 3 is 2.68 bits per heavy atom. The van der Waals surface area contributed by atoms with Gasteiger partial charge in [-0.3, -0.25) is 4.79 Å². The van der Waals surface area contributed by atoms with Crippen LogP contribution in [0.2, 0.25) is 5.02 Å². The molecule has 0 atom stereocenters. The highest BCUT2D eigenvalue weighted by molar-refractivity contribution is 9.10. The second-order valence-electron chi connectivity index (χ2n) is 3.78. The number of anilines is 1. The van der Waals surface area contributed by atoms with Crippen LogP contribution in [-0.2, 0) is 0 Å². The van der Waals surface area contributed by atoms with Gasteiger partial charge in [-0.1, -0.05) is 23.7 Å². The molecule has 1 N–H and O–H groups in total. The molecule has 0 radical (unpaired) electrons. The molecule has 0 saturated heterocycles. The van der Waals surface area contributed by atoms with Crippen LogP contribution in [0.25, 0.3) is 0 Å². The Kier molecular flexibility index (Phi) is 4.45. The maximum absolute atomic E-state index is 12.2. The first-order chi connectivity index (χ1) is 9.11. The van der Waals surface area contributed by atoms with Gasteiger partial charge < -0.3 is 10.1 Å². The van der Waals surface area contributed by atoms with Crippen molar-refractivity contribution in [3.63, 3.8) is 0 Å². The zero-order chi connectivity index (χ0) is 13.8. The van der Waals surface area contributed by atoms with Gasteiger partial charge in [-0.15, -0.1) is 0 Å².